The summed E-state index contributed by atoms with van der Waals surface area (Å²) in [7, 11) is 0. The zero-order chi connectivity index (χ0) is 17.8. The molecule has 128 valence electrons. The van der Waals surface area contributed by atoms with Crippen molar-refractivity contribution in [1.29, 1.82) is 0 Å². The maximum Gasteiger partial charge on any atom is 0.287 e. The number of carbonyl (C=O) groups excluding carboxylic acids is 1. The largest absolute Gasteiger partial charge is 0.459 e. The van der Waals surface area contributed by atoms with E-state index in [0.29, 0.717) is 12.3 Å². The van der Waals surface area contributed by atoms with Gasteiger partial charge in [0.05, 0.1) is 12.0 Å². The number of furan rings is 1. The third kappa shape index (κ3) is 3.15. The molecule has 0 aliphatic rings. The molecule has 0 saturated heterocycles. The van der Waals surface area contributed by atoms with E-state index < -0.39 is 0 Å². The number of nitrogens with one attached hydrogen (secondary N) is 1. The first kappa shape index (κ1) is 15.9. The van der Waals surface area contributed by atoms with Crippen LogP contribution in [0.25, 0.3) is 16.8 Å². The molecule has 0 aliphatic heterocycles. The highest BCUT2D eigenvalue weighted by Crippen LogP contribution is 2.24. The highest BCUT2D eigenvalue weighted by Gasteiger charge is 2.17. The van der Waals surface area contributed by atoms with Gasteiger partial charge in [0, 0.05) is 24.5 Å². The van der Waals surface area contributed by atoms with Crippen molar-refractivity contribution in [3.05, 3.63) is 96.7 Å². The molecule has 1 amide bonds. The van der Waals surface area contributed by atoms with Gasteiger partial charge in [-0.2, -0.15) is 5.10 Å². The summed E-state index contributed by atoms with van der Waals surface area (Å²) in [6, 6.07) is 21.2. The second kappa shape index (κ2) is 7.11. The number of nitrogens with zero attached hydrogens (tertiary/aromatic N) is 2. The minimum Gasteiger partial charge on any atom is -0.459 e. The number of carbonyl (C=O) groups is 1. The van der Waals surface area contributed by atoms with E-state index in [1.54, 1.807) is 10.9 Å². The Morgan fingerprint density at radius 1 is 1.00 bits per heavy atom. The van der Waals surface area contributed by atoms with Gasteiger partial charge in [-0.3, -0.25) is 4.79 Å². The molecule has 0 bridgehead atoms. The fourth-order valence-corrected chi connectivity index (χ4v) is 2.88. The first-order valence-corrected chi connectivity index (χ1v) is 8.32. The van der Waals surface area contributed by atoms with Crippen molar-refractivity contribution >= 4 is 5.91 Å². The monoisotopic (exact) mass is 343 g/mol. The molecule has 1 N–H and O–H groups in total. The highest BCUT2D eigenvalue weighted by atomic mass is 16.3. The third-order valence-electron chi connectivity index (χ3n) is 4.14. The van der Waals surface area contributed by atoms with Gasteiger partial charge in [-0.1, -0.05) is 48.5 Å². The summed E-state index contributed by atoms with van der Waals surface area (Å²) in [5, 5.41) is 7.20. The van der Waals surface area contributed by atoms with Crippen molar-refractivity contribution in [1.82, 2.24) is 15.1 Å². The molecule has 5 nitrogen and oxygen atoms in total. The average Bonchev–Trinajstić information content (AvgIpc) is 3.39. The van der Waals surface area contributed by atoms with Crippen LogP contribution in [0.5, 0.6) is 0 Å². The topological polar surface area (TPSA) is 60.1 Å². The van der Waals surface area contributed by atoms with E-state index in [1.807, 2.05) is 72.9 Å². The quantitative estimate of drug-likeness (QED) is 0.594. The lowest BCUT2D eigenvalue weighted by molar-refractivity contribution is 0.0924. The molecule has 4 aromatic rings. The van der Waals surface area contributed by atoms with E-state index in [0.717, 1.165) is 22.4 Å². The molecule has 26 heavy (non-hydrogen) atoms. The van der Waals surface area contributed by atoms with E-state index in [4.69, 9.17) is 4.42 Å². The van der Waals surface area contributed by atoms with Crippen molar-refractivity contribution in [3.63, 3.8) is 0 Å². The van der Waals surface area contributed by atoms with Crippen molar-refractivity contribution in [2.24, 2.45) is 0 Å². The normalized spacial score (nSPS) is 10.6. The number of rotatable bonds is 5. The number of para-hydroxylation sites is 1. The third-order valence-corrected chi connectivity index (χ3v) is 4.14. The van der Waals surface area contributed by atoms with Gasteiger partial charge in [0.2, 0.25) is 0 Å². The molecular weight excluding hydrogens is 326 g/mol. The van der Waals surface area contributed by atoms with Crippen LogP contribution in [0.2, 0.25) is 0 Å². The van der Waals surface area contributed by atoms with E-state index in [2.05, 4.69) is 10.4 Å². The predicted octanol–water partition coefficient (Wildman–Crippen LogP) is 4.06. The summed E-state index contributed by atoms with van der Waals surface area (Å²) >= 11 is 0. The molecule has 0 spiro atoms. The van der Waals surface area contributed by atoms with Gasteiger partial charge in [-0.25, -0.2) is 4.68 Å². The van der Waals surface area contributed by atoms with Crippen molar-refractivity contribution in [3.8, 4) is 16.8 Å². The van der Waals surface area contributed by atoms with Crippen LogP contribution in [0.15, 0.2) is 89.8 Å². The molecule has 0 radical (unpaired) electrons. The summed E-state index contributed by atoms with van der Waals surface area (Å²) in [4.78, 5) is 12.6. The molecule has 2 aromatic carbocycles. The van der Waals surface area contributed by atoms with E-state index in [1.165, 1.54) is 6.26 Å². The van der Waals surface area contributed by atoms with Crippen molar-refractivity contribution in [2.75, 3.05) is 0 Å². The van der Waals surface area contributed by atoms with Crippen molar-refractivity contribution in [2.45, 2.75) is 6.54 Å². The summed E-state index contributed by atoms with van der Waals surface area (Å²) in [6.45, 7) is 0.379. The molecule has 0 aliphatic carbocycles. The zero-order valence-corrected chi connectivity index (χ0v) is 14.0. The van der Waals surface area contributed by atoms with Crippen LogP contribution < -0.4 is 5.32 Å². The number of aromatic nitrogens is 2. The van der Waals surface area contributed by atoms with Crippen LogP contribution in [0, 0.1) is 0 Å². The SMILES string of the molecule is O=C(NCc1ccccc1-n1cccn1)c1occc1-c1ccccc1. The van der Waals surface area contributed by atoms with Crippen molar-refractivity contribution < 1.29 is 9.21 Å². The molecule has 0 fully saturated rings. The maximum atomic E-state index is 12.6. The number of amides is 1. The Morgan fingerprint density at radius 3 is 2.62 bits per heavy atom. The molecule has 0 saturated carbocycles. The van der Waals surface area contributed by atoms with Crippen LogP contribution in [0.4, 0.5) is 0 Å². The molecule has 5 heteroatoms. The second-order valence-corrected chi connectivity index (χ2v) is 5.79. The fraction of sp³-hybridized carbons (Fsp3) is 0.0476. The smallest absolute Gasteiger partial charge is 0.287 e. The predicted molar refractivity (Wildman–Crippen MR) is 98.9 cm³/mol. The lowest BCUT2D eigenvalue weighted by Gasteiger charge is -2.10. The van der Waals surface area contributed by atoms with Crippen LogP contribution >= 0.6 is 0 Å². The minimum atomic E-state index is -0.246. The minimum absolute atomic E-state index is 0.246. The molecule has 0 unspecified atom stereocenters. The highest BCUT2D eigenvalue weighted by molar-refractivity contribution is 5.98. The maximum absolute atomic E-state index is 12.6. The number of benzene rings is 2. The fourth-order valence-electron chi connectivity index (χ4n) is 2.88. The Morgan fingerprint density at radius 2 is 1.81 bits per heavy atom. The summed E-state index contributed by atoms with van der Waals surface area (Å²) in [5.41, 5.74) is 3.63. The standard InChI is InChI=1S/C21H17N3O2/c25-21(20-18(11-14-26-20)16-7-2-1-3-8-16)22-15-17-9-4-5-10-19(17)24-13-6-12-23-24/h1-14H,15H2,(H,22,25). The summed E-state index contributed by atoms with van der Waals surface area (Å²) < 4.78 is 7.22. The van der Waals surface area contributed by atoms with E-state index in [-0.39, 0.29) is 5.91 Å². The zero-order valence-electron chi connectivity index (χ0n) is 14.0. The summed E-state index contributed by atoms with van der Waals surface area (Å²) in [5.74, 6) is 0.0666. The number of hydrogen-bond donors (Lipinski definition) is 1. The lowest BCUT2D eigenvalue weighted by Crippen LogP contribution is -2.23. The van der Waals surface area contributed by atoms with Gasteiger partial charge in [0.1, 0.15) is 0 Å². The van der Waals surface area contributed by atoms with Gasteiger partial charge in [0.25, 0.3) is 5.91 Å². The van der Waals surface area contributed by atoms with Gasteiger partial charge in [-0.15, -0.1) is 0 Å². The molecular formula is C21H17N3O2. The van der Waals surface area contributed by atoms with Gasteiger partial charge in [0.15, 0.2) is 5.76 Å². The second-order valence-electron chi connectivity index (χ2n) is 5.79. The summed E-state index contributed by atoms with van der Waals surface area (Å²) in [6.07, 6.45) is 5.14. The Hall–Kier alpha value is -3.60. The lowest BCUT2D eigenvalue weighted by atomic mass is 10.1. The van der Waals surface area contributed by atoms with E-state index >= 15 is 0 Å². The molecule has 4 rings (SSSR count). The Kier molecular flexibility index (Phi) is 4.35. The van der Waals surface area contributed by atoms with Crippen LogP contribution in [-0.4, -0.2) is 15.7 Å². The van der Waals surface area contributed by atoms with Gasteiger partial charge >= 0.3 is 0 Å². The first-order chi connectivity index (χ1) is 12.8. The van der Waals surface area contributed by atoms with Crippen LogP contribution in [-0.2, 0) is 6.54 Å². The molecule has 0 atom stereocenters. The first-order valence-electron chi connectivity index (χ1n) is 8.32. The van der Waals surface area contributed by atoms with Crippen LogP contribution in [0.1, 0.15) is 16.1 Å². The number of hydrogen-bond acceptors (Lipinski definition) is 3. The molecule has 2 aromatic heterocycles. The Balaban J connectivity index is 1.54. The van der Waals surface area contributed by atoms with E-state index in [9.17, 15) is 4.79 Å². The Bertz CT molecular complexity index is 1000. The Labute approximate surface area is 150 Å². The average molecular weight is 343 g/mol. The van der Waals surface area contributed by atoms with Gasteiger partial charge < -0.3 is 9.73 Å². The molecule has 2 heterocycles. The van der Waals surface area contributed by atoms with Gasteiger partial charge in [-0.05, 0) is 29.3 Å². The van der Waals surface area contributed by atoms with Crippen LogP contribution in [0.3, 0.4) is 0 Å².